The molecular weight excluding hydrogens is 265 g/mol. The molecule has 0 aliphatic rings. The molecule has 0 aromatic heterocycles. The van der Waals surface area contributed by atoms with E-state index in [4.69, 9.17) is 19.9 Å². The molecule has 1 aromatic carbocycles. The molecule has 0 radical (unpaired) electrons. The Morgan fingerprint density at radius 3 is 2.50 bits per heavy atom. The third-order valence-corrected chi connectivity index (χ3v) is 2.44. The number of hydrogen-bond acceptors (Lipinski definition) is 5. The van der Waals surface area contributed by atoms with E-state index < -0.39 is 5.82 Å². The maximum Gasteiger partial charge on any atom is 0.149 e. The van der Waals surface area contributed by atoms with Gasteiger partial charge in [-0.15, -0.1) is 0 Å². The number of nitrogens with two attached hydrogens (primary N) is 1. The van der Waals surface area contributed by atoms with Crippen molar-refractivity contribution in [1.29, 1.82) is 0 Å². The van der Waals surface area contributed by atoms with Crippen LogP contribution in [0.15, 0.2) is 18.2 Å². The van der Waals surface area contributed by atoms with Gasteiger partial charge in [-0.1, -0.05) is 0 Å². The van der Waals surface area contributed by atoms with Crippen LogP contribution in [0.4, 0.5) is 10.1 Å². The Hall–Kier alpha value is -1.66. The Labute approximate surface area is 117 Å². The highest BCUT2D eigenvalue weighted by Crippen LogP contribution is 2.17. The predicted octanol–water partition coefficient (Wildman–Crippen LogP) is 1.80. The van der Waals surface area contributed by atoms with Crippen molar-refractivity contribution in [3.63, 3.8) is 0 Å². The van der Waals surface area contributed by atoms with Gasteiger partial charge in [0.1, 0.15) is 24.5 Å². The summed E-state index contributed by atoms with van der Waals surface area (Å²) in [5.74, 6) is -0.0203. The highest BCUT2D eigenvalue weighted by atomic mass is 19.1. The second-order valence-corrected chi connectivity index (χ2v) is 4.09. The molecule has 0 saturated carbocycles. The van der Waals surface area contributed by atoms with Crippen LogP contribution < -0.4 is 10.5 Å². The van der Waals surface area contributed by atoms with Crippen molar-refractivity contribution in [1.82, 2.24) is 0 Å². The number of halogens is 1. The lowest BCUT2D eigenvalue weighted by atomic mass is 10.3. The number of rotatable bonds is 11. The fraction of sp³-hybridized carbons (Fsp3) is 0.500. The molecule has 0 aliphatic carbocycles. The summed E-state index contributed by atoms with van der Waals surface area (Å²) < 4.78 is 28.8. The summed E-state index contributed by atoms with van der Waals surface area (Å²) >= 11 is 0. The van der Waals surface area contributed by atoms with Gasteiger partial charge < -0.3 is 24.7 Å². The highest BCUT2D eigenvalue weighted by molar-refractivity contribution is 5.50. The maximum atomic E-state index is 13.1. The molecule has 0 saturated heterocycles. The first-order chi connectivity index (χ1) is 9.74. The largest absolute Gasteiger partial charge is 0.493 e. The van der Waals surface area contributed by atoms with Crippen molar-refractivity contribution in [2.24, 2.45) is 0 Å². The number of hydrogen-bond donors (Lipinski definition) is 1. The summed E-state index contributed by atoms with van der Waals surface area (Å²) in [6, 6.07) is 4.37. The van der Waals surface area contributed by atoms with Gasteiger partial charge in [-0.2, -0.15) is 0 Å². The van der Waals surface area contributed by atoms with E-state index in [1.54, 1.807) is 6.07 Å². The molecule has 6 heteroatoms. The molecular formula is C14H20FNO4. The SMILES string of the molecule is Nc1ccc(OCCCOCCCOCC=O)cc1F. The molecule has 0 atom stereocenters. The van der Waals surface area contributed by atoms with Gasteiger partial charge in [0.05, 0.1) is 12.3 Å². The van der Waals surface area contributed by atoms with Gasteiger partial charge in [-0.25, -0.2) is 4.39 Å². The summed E-state index contributed by atoms with van der Waals surface area (Å²) in [5, 5.41) is 0. The fourth-order valence-electron chi connectivity index (χ4n) is 1.45. The van der Waals surface area contributed by atoms with E-state index in [0.717, 1.165) is 12.7 Å². The molecule has 0 bridgehead atoms. The zero-order valence-electron chi connectivity index (χ0n) is 11.3. The molecule has 112 valence electrons. The third kappa shape index (κ3) is 7.06. The number of carbonyl (C=O) groups is 1. The average Bonchev–Trinajstić information content (AvgIpc) is 2.45. The number of aldehydes is 1. The van der Waals surface area contributed by atoms with Crippen LogP contribution >= 0.6 is 0 Å². The van der Waals surface area contributed by atoms with Crippen LogP contribution in [-0.4, -0.2) is 39.3 Å². The molecule has 0 amide bonds. The maximum absolute atomic E-state index is 13.1. The zero-order valence-corrected chi connectivity index (χ0v) is 11.3. The highest BCUT2D eigenvalue weighted by Gasteiger charge is 2.00. The minimum atomic E-state index is -0.478. The summed E-state index contributed by atoms with van der Waals surface area (Å²) in [4.78, 5) is 9.97. The molecule has 5 nitrogen and oxygen atoms in total. The molecule has 20 heavy (non-hydrogen) atoms. The average molecular weight is 285 g/mol. The molecule has 0 aliphatic heterocycles. The standard InChI is InChI=1S/C14H20FNO4/c15-13-11-12(3-4-14(13)16)20-9-2-8-18-6-1-7-19-10-5-17/h3-5,11H,1-2,6-10,16H2. The molecule has 0 spiro atoms. The Balaban J connectivity index is 1.96. The molecule has 1 rings (SSSR count). The number of nitrogen functional groups attached to an aromatic ring is 1. The second-order valence-electron chi connectivity index (χ2n) is 4.09. The molecule has 1 aromatic rings. The van der Waals surface area contributed by atoms with Crippen LogP contribution in [0.5, 0.6) is 5.75 Å². The van der Waals surface area contributed by atoms with Gasteiger partial charge in [-0.05, 0) is 18.6 Å². The first-order valence-electron chi connectivity index (χ1n) is 6.51. The second kappa shape index (κ2) is 10.2. The van der Waals surface area contributed by atoms with Crippen molar-refractivity contribution < 1.29 is 23.4 Å². The van der Waals surface area contributed by atoms with E-state index in [1.807, 2.05) is 0 Å². The molecule has 0 fully saturated rings. The first kappa shape index (κ1) is 16.4. The summed E-state index contributed by atoms with van der Waals surface area (Å²) in [5.41, 5.74) is 5.47. The Bertz CT molecular complexity index is 401. The fourth-order valence-corrected chi connectivity index (χ4v) is 1.45. The lowest BCUT2D eigenvalue weighted by molar-refractivity contribution is -0.112. The van der Waals surface area contributed by atoms with Crippen molar-refractivity contribution >= 4 is 12.0 Å². The Kier molecular flexibility index (Phi) is 8.33. The zero-order chi connectivity index (χ0) is 14.6. The summed E-state index contributed by atoms with van der Waals surface area (Å²) in [7, 11) is 0. The Morgan fingerprint density at radius 2 is 1.80 bits per heavy atom. The van der Waals surface area contributed by atoms with Gasteiger partial charge in [0.15, 0.2) is 0 Å². The first-order valence-corrected chi connectivity index (χ1v) is 6.51. The lowest BCUT2D eigenvalue weighted by Gasteiger charge is -2.07. The van der Waals surface area contributed by atoms with Crippen LogP contribution in [-0.2, 0) is 14.3 Å². The van der Waals surface area contributed by atoms with E-state index in [1.165, 1.54) is 12.1 Å². The van der Waals surface area contributed by atoms with Gasteiger partial charge in [0.2, 0.25) is 0 Å². The van der Waals surface area contributed by atoms with Crippen LogP contribution in [0.25, 0.3) is 0 Å². The van der Waals surface area contributed by atoms with E-state index in [-0.39, 0.29) is 12.3 Å². The smallest absolute Gasteiger partial charge is 0.149 e. The molecule has 0 unspecified atom stereocenters. The topological polar surface area (TPSA) is 70.8 Å². The van der Waals surface area contributed by atoms with Gasteiger partial charge in [0, 0.05) is 32.3 Å². The number of ether oxygens (including phenoxy) is 3. The van der Waals surface area contributed by atoms with E-state index in [0.29, 0.717) is 38.6 Å². The van der Waals surface area contributed by atoms with Crippen LogP contribution in [0.1, 0.15) is 12.8 Å². The van der Waals surface area contributed by atoms with Crippen LogP contribution in [0.2, 0.25) is 0 Å². The Morgan fingerprint density at radius 1 is 1.10 bits per heavy atom. The van der Waals surface area contributed by atoms with Gasteiger partial charge in [0.25, 0.3) is 0 Å². The predicted molar refractivity (Wildman–Crippen MR) is 73.2 cm³/mol. The lowest BCUT2D eigenvalue weighted by Crippen LogP contribution is -2.06. The number of anilines is 1. The molecule has 0 heterocycles. The van der Waals surface area contributed by atoms with Crippen LogP contribution in [0, 0.1) is 5.82 Å². The quantitative estimate of drug-likeness (QED) is 0.381. The number of carbonyl (C=O) groups excluding carboxylic acids is 1. The summed E-state index contributed by atoms with van der Waals surface area (Å²) in [6.07, 6.45) is 2.18. The molecule has 2 N–H and O–H groups in total. The van der Waals surface area contributed by atoms with E-state index >= 15 is 0 Å². The third-order valence-electron chi connectivity index (χ3n) is 2.44. The van der Waals surface area contributed by atoms with Crippen molar-refractivity contribution in [3.8, 4) is 5.75 Å². The van der Waals surface area contributed by atoms with Crippen molar-refractivity contribution in [2.45, 2.75) is 12.8 Å². The van der Waals surface area contributed by atoms with Gasteiger partial charge >= 0.3 is 0 Å². The monoisotopic (exact) mass is 285 g/mol. The minimum absolute atomic E-state index is 0.109. The normalized spacial score (nSPS) is 10.4. The minimum Gasteiger partial charge on any atom is -0.493 e. The van der Waals surface area contributed by atoms with E-state index in [9.17, 15) is 9.18 Å². The van der Waals surface area contributed by atoms with Gasteiger partial charge in [-0.3, -0.25) is 0 Å². The van der Waals surface area contributed by atoms with Crippen molar-refractivity contribution in [3.05, 3.63) is 24.0 Å². The summed E-state index contributed by atoms with van der Waals surface area (Å²) in [6.45, 7) is 2.23. The van der Waals surface area contributed by atoms with E-state index in [2.05, 4.69) is 0 Å². The number of benzene rings is 1. The van der Waals surface area contributed by atoms with Crippen molar-refractivity contribution in [2.75, 3.05) is 38.8 Å². The van der Waals surface area contributed by atoms with Crippen LogP contribution in [0.3, 0.4) is 0 Å².